The average Bonchev–Trinajstić information content (AvgIpc) is 2.59. The zero-order chi connectivity index (χ0) is 17.7. The van der Waals surface area contributed by atoms with Gasteiger partial charge in [-0.15, -0.1) is 0 Å². The van der Waals surface area contributed by atoms with Gasteiger partial charge in [0.15, 0.2) is 0 Å². The number of halogens is 2. The van der Waals surface area contributed by atoms with Gasteiger partial charge in [-0.2, -0.15) is 0 Å². The van der Waals surface area contributed by atoms with Crippen molar-refractivity contribution in [1.29, 1.82) is 0 Å². The van der Waals surface area contributed by atoms with Crippen LogP contribution in [0, 0.1) is 0 Å². The Morgan fingerprint density at radius 3 is 2.62 bits per heavy atom. The number of hydrogen-bond acceptors (Lipinski definition) is 4. The number of aromatic nitrogens is 1. The number of ketones is 1. The number of aliphatic hydroxyl groups is 1. The molecule has 0 bridgehead atoms. The number of carbonyl (C=O) groups is 1. The molecule has 1 heterocycles. The van der Waals surface area contributed by atoms with E-state index in [1.54, 1.807) is 24.3 Å². The van der Waals surface area contributed by atoms with Crippen molar-refractivity contribution in [1.82, 2.24) is 4.98 Å². The van der Waals surface area contributed by atoms with Crippen molar-refractivity contribution in [2.75, 3.05) is 13.7 Å². The number of rotatable bonds is 7. The minimum absolute atomic E-state index is 0.155. The number of hydrogen-bond donors (Lipinski definition) is 1. The quantitative estimate of drug-likeness (QED) is 0.731. The maximum atomic E-state index is 12.6. The van der Waals surface area contributed by atoms with Gasteiger partial charge in [-0.3, -0.25) is 4.79 Å². The molecule has 0 saturated carbocycles. The monoisotopic (exact) mass is 367 g/mol. The lowest BCUT2D eigenvalue weighted by molar-refractivity contribution is 0.103. The Morgan fingerprint density at radius 1 is 1.25 bits per heavy atom. The molecule has 4 nitrogen and oxygen atoms in total. The minimum Gasteiger partial charge on any atom is -0.480 e. The van der Waals surface area contributed by atoms with Gasteiger partial charge in [-0.05, 0) is 42.5 Å². The van der Waals surface area contributed by atoms with Gasteiger partial charge in [-0.1, -0.05) is 42.3 Å². The molecule has 0 spiro atoms. The first-order chi connectivity index (χ1) is 11.5. The van der Waals surface area contributed by atoms with Crippen LogP contribution in [0.2, 0.25) is 10.0 Å². The molecule has 1 unspecified atom stereocenters. The van der Waals surface area contributed by atoms with Crippen molar-refractivity contribution >= 4 is 29.0 Å². The molecule has 0 aliphatic carbocycles. The van der Waals surface area contributed by atoms with E-state index in [1.165, 1.54) is 7.11 Å². The van der Waals surface area contributed by atoms with E-state index in [1.807, 2.05) is 13.0 Å². The minimum atomic E-state index is -0.249. The van der Waals surface area contributed by atoms with Crippen LogP contribution < -0.4 is 4.74 Å². The fraction of sp³-hybridized carbons (Fsp3) is 0.333. The van der Waals surface area contributed by atoms with E-state index < -0.39 is 0 Å². The first-order valence-corrected chi connectivity index (χ1v) is 8.39. The van der Waals surface area contributed by atoms with Crippen molar-refractivity contribution in [3.05, 3.63) is 57.2 Å². The van der Waals surface area contributed by atoms with Gasteiger partial charge in [0, 0.05) is 17.2 Å². The average molecular weight is 368 g/mol. The van der Waals surface area contributed by atoms with Gasteiger partial charge in [0.2, 0.25) is 11.7 Å². The Kier molecular flexibility index (Phi) is 6.60. The third kappa shape index (κ3) is 4.26. The maximum Gasteiger partial charge on any atom is 0.232 e. The lowest BCUT2D eigenvalue weighted by Crippen LogP contribution is -2.06. The van der Waals surface area contributed by atoms with Gasteiger partial charge in [-0.25, -0.2) is 4.98 Å². The molecule has 0 aliphatic heterocycles. The third-order valence-electron chi connectivity index (χ3n) is 3.83. The predicted octanol–water partition coefficient (Wildman–Crippen LogP) is 4.50. The summed E-state index contributed by atoms with van der Waals surface area (Å²) >= 11 is 12.3. The summed E-state index contributed by atoms with van der Waals surface area (Å²) in [6.07, 6.45) is 1.55. The summed E-state index contributed by atoms with van der Waals surface area (Å²) in [5.74, 6) is 0.173. The van der Waals surface area contributed by atoms with Crippen molar-refractivity contribution < 1.29 is 14.6 Å². The van der Waals surface area contributed by atoms with E-state index in [4.69, 9.17) is 33.0 Å². The molecule has 0 fully saturated rings. The van der Waals surface area contributed by atoms with Crippen molar-refractivity contribution in [3.63, 3.8) is 0 Å². The van der Waals surface area contributed by atoms with Crippen molar-refractivity contribution in [2.45, 2.75) is 25.7 Å². The molecule has 1 aromatic carbocycles. The largest absolute Gasteiger partial charge is 0.480 e. The molecular formula is C18H19Cl2NO3. The normalized spacial score (nSPS) is 12.0. The first-order valence-electron chi connectivity index (χ1n) is 7.63. The molecule has 2 aromatic rings. The number of nitrogens with zero attached hydrogens (tertiary/aromatic N) is 1. The SMILES string of the molecule is COc1nc(C(=O)c2ccc(C(C)CCCO)c(Cl)c2)ccc1Cl. The van der Waals surface area contributed by atoms with Gasteiger partial charge in [0.25, 0.3) is 0 Å². The highest BCUT2D eigenvalue weighted by Gasteiger charge is 2.16. The molecule has 24 heavy (non-hydrogen) atoms. The number of aliphatic hydroxyl groups excluding tert-OH is 1. The van der Waals surface area contributed by atoms with Crippen LogP contribution in [0.3, 0.4) is 0 Å². The van der Waals surface area contributed by atoms with E-state index in [2.05, 4.69) is 4.98 Å². The summed E-state index contributed by atoms with van der Waals surface area (Å²) < 4.78 is 5.04. The van der Waals surface area contributed by atoms with Crippen LogP contribution >= 0.6 is 23.2 Å². The summed E-state index contributed by atoms with van der Waals surface area (Å²) in [6.45, 7) is 2.20. The predicted molar refractivity (Wildman–Crippen MR) is 95.4 cm³/mol. The molecule has 2 rings (SSSR count). The Labute approximate surface area is 151 Å². The van der Waals surface area contributed by atoms with Crippen LogP contribution in [-0.4, -0.2) is 29.6 Å². The van der Waals surface area contributed by atoms with Crippen LogP contribution in [-0.2, 0) is 0 Å². The zero-order valence-electron chi connectivity index (χ0n) is 13.6. The smallest absolute Gasteiger partial charge is 0.232 e. The Bertz CT molecular complexity index is 734. The molecule has 1 atom stereocenters. The van der Waals surface area contributed by atoms with E-state index in [-0.39, 0.29) is 29.9 Å². The third-order valence-corrected chi connectivity index (χ3v) is 4.44. The molecule has 0 aliphatic rings. The number of carbonyl (C=O) groups excluding carboxylic acids is 1. The number of methoxy groups -OCH3 is 1. The zero-order valence-corrected chi connectivity index (χ0v) is 15.1. The molecule has 6 heteroatoms. The van der Waals surface area contributed by atoms with Crippen molar-refractivity contribution in [3.8, 4) is 5.88 Å². The molecular weight excluding hydrogens is 349 g/mol. The van der Waals surface area contributed by atoms with Crippen LogP contribution in [0.4, 0.5) is 0 Å². The highest BCUT2D eigenvalue weighted by Crippen LogP contribution is 2.29. The van der Waals surface area contributed by atoms with E-state index >= 15 is 0 Å². The molecule has 128 valence electrons. The van der Waals surface area contributed by atoms with Gasteiger partial charge < -0.3 is 9.84 Å². The molecule has 1 N–H and O–H groups in total. The first kappa shape index (κ1) is 18.7. The Hall–Kier alpha value is -1.62. The molecule has 0 saturated heterocycles. The molecule has 0 amide bonds. The van der Waals surface area contributed by atoms with Crippen LogP contribution in [0.5, 0.6) is 5.88 Å². The van der Waals surface area contributed by atoms with Crippen LogP contribution in [0.25, 0.3) is 0 Å². The maximum absolute atomic E-state index is 12.6. The summed E-state index contributed by atoms with van der Waals surface area (Å²) in [4.78, 5) is 16.7. The summed E-state index contributed by atoms with van der Waals surface area (Å²) in [6, 6.07) is 8.37. The highest BCUT2D eigenvalue weighted by molar-refractivity contribution is 6.32. The van der Waals surface area contributed by atoms with Crippen molar-refractivity contribution in [2.24, 2.45) is 0 Å². The lowest BCUT2D eigenvalue weighted by Gasteiger charge is -2.14. The molecule has 1 aromatic heterocycles. The van der Waals surface area contributed by atoms with E-state index in [0.717, 1.165) is 12.0 Å². The van der Waals surface area contributed by atoms with Gasteiger partial charge in [0.05, 0.1) is 7.11 Å². The lowest BCUT2D eigenvalue weighted by atomic mass is 9.94. The summed E-state index contributed by atoms with van der Waals surface area (Å²) in [7, 11) is 1.45. The standard InChI is InChI=1S/C18H19Cl2NO3/c1-11(4-3-9-22)13-6-5-12(10-15(13)20)17(23)16-8-7-14(19)18(21-16)24-2/h5-8,10-11,22H,3-4,9H2,1-2H3. The second kappa shape index (κ2) is 8.47. The number of benzene rings is 1. The summed E-state index contributed by atoms with van der Waals surface area (Å²) in [5, 5.41) is 9.81. The Morgan fingerprint density at radius 2 is 2.00 bits per heavy atom. The molecule has 0 radical (unpaired) electrons. The van der Waals surface area contributed by atoms with Gasteiger partial charge in [0.1, 0.15) is 10.7 Å². The topological polar surface area (TPSA) is 59.4 Å². The number of ether oxygens (including phenoxy) is 1. The second-order valence-electron chi connectivity index (χ2n) is 5.52. The fourth-order valence-corrected chi connectivity index (χ4v) is 3.01. The van der Waals surface area contributed by atoms with Gasteiger partial charge >= 0.3 is 0 Å². The highest BCUT2D eigenvalue weighted by atomic mass is 35.5. The van der Waals surface area contributed by atoms with Crippen LogP contribution in [0.15, 0.2) is 30.3 Å². The second-order valence-corrected chi connectivity index (χ2v) is 6.33. The van der Waals surface area contributed by atoms with Crippen LogP contribution in [0.1, 0.15) is 47.3 Å². The number of pyridine rings is 1. The Balaban J connectivity index is 2.26. The fourth-order valence-electron chi connectivity index (χ4n) is 2.46. The van der Waals surface area contributed by atoms with E-state index in [0.29, 0.717) is 22.0 Å². The van der Waals surface area contributed by atoms with E-state index in [9.17, 15) is 4.79 Å². The summed E-state index contributed by atoms with van der Waals surface area (Å²) in [5.41, 5.74) is 1.66.